The largest absolute Gasteiger partial charge is 0.507 e. The minimum atomic E-state index is -0.131. The van der Waals surface area contributed by atoms with Crippen LogP contribution in [-0.2, 0) is 0 Å². The van der Waals surface area contributed by atoms with Crippen LogP contribution in [0.25, 0.3) is 11.3 Å². The van der Waals surface area contributed by atoms with Gasteiger partial charge < -0.3 is 19.4 Å². The monoisotopic (exact) mass is 287 g/mol. The molecule has 1 N–H and O–H groups in total. The third-order valence-electron chi connectivity index (χ3n) is 3.69. The highest BCUT2D eigenvalue weighted by molar-refractivity contribution is 5.93. The van der Waals surface area contributed by atoms with Crippen molar-refractivity contribution in [2.45, 2.75) is 0 Å². The number of hydrogen-bond donors (Lipinski definition) is 1. The number of para-hydroxylation sites is 1. The van der Waals surface area contributed by atoms with Gasteiger partial charge in [0.25, 0.3) is 5.91 Å². The predicted molar refractivity (Wildman–Crippen MR) is 77.0 cm³/mol. The summed E-state index contributed by atoms with van der Waals surface area (Å²) in [6, 6.07) is 8.39. The number of piperazine rings is 1. The normalized spacial score (nSPS) is 16.1. The van der Waals surface area contributed by atoms with Crippen LogP contribution in [-0.4, -0.2) is 59.2 Å². The molecule has 1 aromatic carbocycles. The highest BCUT2D eigenvalue weighted by atomic mass is 16.5. The number of aromatic hydroxyl groups is 1. The molecule has 0 unspecified atom stereocenters. The third kappa shape index (κ3) is 2.75. The summed E-state index contributed by atoms with van der Waals surface area (Å²) < 4.78 is 5.20. The molecule has 21 heavy (non-hydrogen) atoms. The fourth-order valence-electron chi connectivity index (χ4n) is 2.36. The number of benzene rings is 1. The fraction of sp³-hybridized carbons (Fsp3) is 0.333. The van der Waals surface area contributed by atoms with Crippen molar-refractivity contribution in [2.24, 2.45) is 0 Å². The van der Waals surface area contributed by atoms with Crippen LogP contribution >= 0.6 is 0 Å². The molecule has 6 nitrogen and oxygen atoms in total. The maximum absolute atomic E-state index is 12.4. The average molecular weight is 287 g/mol. The summed E-state index contributed by atoms with van der Waals surface area (Å²) in [6.07, 6.45) is 0. The molecule has 0 spiro atoms. The zero-order chi connectivity index (χ0) is 14.8. The number of aromatic nitrogens is 1. The molecule has 2 aromatic rings. The zero-order valence-electron chi connectivity index (χ0n) is 11.8. The highest BCUT2D eigenvalue weighted by Crippen LogP contribution is 2.29. The third-order valence-corrected chi connectivity index (χ3v) is 3.69. The minimum Gasteiger partial charge on any atom is -0.507 e. The maximum Gasteiger partial charge on any atom is 0.276 e. The summed E-state index contributed by atoms with van der Waals surface area (Å²) in [5.41, 5.74) is 0.806. The van der Waals surface area contributed by atoms with Crippen molar-refractivity contribution in [3.8, 4) is 17.1 Å². The van der Waals surface area contributed by atoms with E-state index in [1.54, 1.807) is 35.2 Å². The Morgan fingerprint density at radius 1 is 1.24 bits per heavy atom. The lowest BCUT2D eigenvalue weighted by atomic mass is 10.1. The summed E-state index contributed by atoms with van der Waals surface area (Å²) in [4.78, 5) is 16.3. The first kappa shape index (κ1) is 13.6. The first-order chi connectivity index (χ1) is 10.1. The molecule has 0 atom stereocenters. The summed E-state index contributed by atoms with van der Waals surface area (Å²) in [6.45, 7) is 3.09. The van der Waals surface area contributed by atoms with Gasteiger partial charge in [-0.3, -0.25) is 4.79 Å². The van der Waals surface area contributed by atoms with E-state index in [1.165, 1.54) is 0 Å². The molecule has 1 saturated heterocycles. The number of amides is 1. The van der Waals surface area contributed by atoms with E-state index in [0.717, 1.165) is 13.1 Å². The van der Waals surface area contributed by atoms with E-state index >= 15 is 0 Å². The molecular formula is C15H17N3O3. The smallest absolute Gasteiger partial charge is 0.276 e. The van der Waals surface area contributed by atoms with Crippen molar-refractivity contribution in [2.75, 3.05) is 33.2 Å². The van der Waals surface area contributed by atoms with Crippen LogP contribution < -0.4 is 0 Å². The van der Waals surface area contributed by atoms with Crippen LogP contribution in [0.2, 0.25) is 0 Å². The lowest BCUT2D eigenvalue weighted by molar-refractivity contribution is 0.0654. The second kappa shape index (κ2) is 5.57. The summed E-state index contributed by atoms with van der Waals surface area (Å²) in [5, 5.41) is 13.6. The first-order valence-electron chi connectivity index (χ1n) is 6.88. The molecule has 1 aliphatic rings. The van der Waals surface area contributed by atoms with Crippen LogP contribution in [0, 0.1) is 0 Å². The zero-order valence-corrected chi connectivity index (χ0v) is 11.8. The van der Waals surface area contributed by atoms with E-state index in [0.29, 0.717) is 24.4 Å². The van der Waals surface area contributed by atoms with Crippen molar-refractivity contribution >= 4 is 5.91 Å². The van der Waals surface area contributed by atoms with Crippen molar-refractivity contribution in [3.63, 3.8) is 0 Å². The predicted octanol–water partition coefficient (Wildman–Crippen LogP) is 1.43. The molecule has 1 aliphatic heterocycles. The Balaban J connectivity index is 1.79. The Kier molecular flexibility index (Phi) is 3.62. The lowest BCUT2D eigenvalue weighted by Crippen LogP contribution is -2.47. The highest BCUT2D eigenvalue weighted by Gasteiger charge is 2.23. The summed E-state index contributed by atoms with van der Waals surface area (Å²) in [5.74, 6) is 0.367. The van der Waals surface area contributed by atoms with Crippen molar-refractivity contribution < 1.29 is 14.4 Å². The van der Waals surface area contributed by atoms with Gasteiger partial charge in [0, 0.05) is 32.2 Å². The van der Waals surface area contributed by atoms with E-state index in [4.69, 9.17) is 4.52 Å². The molecular weight excluding hydrogens is 270 g/mol. The molecule has 1 fully saturated rings. The molecule has 1 amide bonds. The van der Waals surface area contributed by atoms with Gasteiger partial charge in [-0.2, -0.15) is 0 Å². The van der Waals surface area contributed by atoms with Crippen LogP contribution in [0.5, 0.6) is 5.75 Å². The topological polar surface area (TPSA) is 69.8 Å². The van der Waals surface area contributed by atoms with E-state index in [2.05, 4.69) is 10.1 Å². The number of rotatable bonds is 2. The van der Waals surface area contributed by atoms with Gasteiger partial charge in [-0.15, -0.1) is 0 Å². The van der Waals surface area contributed by atoms with Crippen LogP contribution in [0.3, 0.4) is 0 Å². The molecule has 1 aromatic heterocycles. The second-order valence-corrected chi connectivity index (χ2v) is 5.19. The van der Waals surface area contributed by atoms with Crippen molar-refractivity contribution in [1.29, 1.82) is 0 Å². The average Bonchev–Trinajstić information content (AvgIpc) is 2.97. The Morgan fingerprint density at radius 2 is 1.95 bits per heavy atom. The number of likely N-dealkylation sites (N-methyl/N-ethyl adjacent to an activating group) is 1. The van der Waals surface area contributed by atoms with Gasteiger partial charge in [0.05, 0.1) is 5.56 Å². The van der Waals surface area contributed by atoms with Gasteiger partial charge in [-0.05, 0) is 19.2 Å². The SMILES string of the molecule is CN1CCN(C(=O)c2cc(-c3ccccc3O)on2)CC1. The molecule has 0 radical (unpaired) electrons. The van der Waals surface area contributed by atoms with Crippen LogP contribution in [0.15, 0.2) is 34.9 Å². The first-order valence-corrected chi connectivity index (χ1v) is 6.88. The van der Waals surface area contributed by atoms with Gasteiger partial charge in [0.1, 0.15) is 5.75 Å². The van der Waals surface area contributed by atoms with Crippen molar-refractivity contribution in [3.05, 3.63) is 36.0 Å². The quantitative estimate of drug-likeness (QED) is 0.905. The van der Waals surface area contributed by atoms with Gasteiger partial charge in [-0.25, -0.2) is 0 Å². The second-order valence-electron chi connectivity index (χ2n) is 5.19. The van der Waals surface area contributed by atoms with E-state index in [9.17, 15) is 9.90 Å². The summed E-state index contributed by atoms with van der Waals surface area (Å²) >= 11 is 0. The fourth-order valence-corrected chi connectivity index (χ4v) is 2.36. The Bertz CT molecular complexity index is 645. The number of phenolic OH excluding ortho intramolecular Hbond substituents is 1. The molecule has 3 rings (SSSR count). The van der Waals surface area contributed by atoms with Crippen LogP contribution in [0.4, 0.5) is 0 Å². The number of nitrogens with zero attached hydrogens (tertiary/aromatic N) is 3. The van der Waals surface area contributed by atoms with E-state index < -0.39 is 0 Å². The number of carbonyl (C=O) groups excluding carboxylic acids is 1. The Hall–Kier alpha value is -2.34. The standard InChI is InChI=1S/C15H17N3O3/c1-17-6-8-18(9-7-17)15(20)12-10-14(21-16-12)11-4-2-3-5-13(11)19/h2-5,10,19H,6-9H2,1H3. The van der Waals surface area contributed by atoms with Gasteiger partial charge in [0.2, 0.25) is 0 Å². The molecule has 110 valence electrons. The molecule has 6 heteroatoms. The van der Waals surface area contributed by atoms with Gasteiger partial charge in [0.15, 0.2) is 11.5 Å². The molecule has 0 bridgehead atoms. The van der Waals surface area contributed by atoms with E-state index in [-0.39, 0.29) is 17.4 Å². The van der Waals surface area contributed by atoms with Gasteiger partial charge in [-0.1, -0.05) is 17.3 Å². The van der Waals surface area contributed by atoms with Crippen molar-refractivity contribution in [1.82, 2.24) is 15.0 Å². The molecule has 2 heterocycles. The lowest BCUT2D eigenvalue weighted by Gasteiger charge is -2.31. The Morgan fingerprint density at radius 3 is 2.67 bits per heavy atom. The number of hydrogen-bond acceptors (Lipinski definition) is 5. The van der Waals surface area contributed by atoms with E-state index in [1.807, 2.05) is 7.05 Å². The summed E-state index contributed by atoms with van der Waals surface area (Å²) in [7, 11) is 2.04. The number of phenols is 1. The van der Waals surface area contributed by atoms with Crippen LogP contribution in [0.1, 0.15) is 10.5 Å². The maximum atomic E-state index is 12.4. The van der Waals surface area contributed by atoms with Gasteiger partial charge >= 0.3 is 0 Å². The molecule has 0 aliphatic carbocycles. The molecule has 0 saturated carbocycles. The number of carbonyl (C=O) groups is 1. The minimum absolute atomic E-state index is 0.104. The Labute approximate surface area is 122 Å².